The van der Waals surface area contributed by atoms with Crippen molar-refractivity contribution in [2.24, 2.45) is 5.92 Å². The van der Waals surface area contributed by atoms with E-state index in [4.69, 9.17) is 14.6 Å². The molecule has 0 aliphatic carbocycles. The van der Waals surface area contributed by atoms with Crippen molar-refractivity contribution in [1.82, 2.24) is 4.90 Å². The van der Waals surface area contributed by atoms with Gasteiger partial charge in [0.1, 0.15) is 6.61 Å². The fraction of sp³-hybridized carbons (Fsp3) is 0.667. The quantitative estimate of drug-likeness (QED) is 0.575. The first-order valence-corrected chi connectivity index (χ1v) is 5.92. The first-order chi connectivity index (χ1) is 8.54. The number of amides is 1. The molecule has 6 nitrogen and oxygen atoms in total. The maximum absolute atomic E-state index is 11.6. The summed E-state index contributed by atoms with van der Waals surface area (Å²) in [6, 6.07) is 0. The Morgan fingerprint density at radius 2 is 1.94 bits per heavy atom. The molecule has 0 fully saturated rings. The van der Waals surface area contributed by atoms with Gasteiger partial charge in [-0.15, -0.1) is 0 Å². The first kappa shape index (κ1) is 14.5. The Morgan fingerprint density at radius 1 is 1.33 bits per heavy atom. The van der Waals surface area contributed by atoms with Gasteiger partial charge in [-0.3, -0.25) is 4.79 Å². The molecule has 0 spiro atoms. The summed E-state index contributed by atoms with van der Waals surface area (Å²) in [4.78, 5) is 24.3. The summed E-state index contributed by atoms with van der Waals surface area (Å²) >= 11 is 0. The van der Waals surface area contributed by atoms with Crippen LogP contribution in [0.2, 0.25) is 0 Å². The molecule has 0 bridgehead atoms. The van der Waals surface area contributed by atoms with Gasteiger partial charge in [0.15, 0.2) is 6.10 Å². The molecule has 1 rings (SSSR count). The Morgan fingerprint density at radius 3 is 2.44 bits per heavy atom. The molecule has 6 heteroatoms. The Hall–Kier alpha value is -1.56. The maximum atomic E-state index is 11.6. The highest BCUT2D eigenvalue weighted by Crippen LogP contribution is 2.05. The van der Waals surface area contributed by atoms with E-state index in [0.717, 1.165) is 0 Å². The van der Waals surface area contributed by atoms with Crippen molar-refractivity contribution in [3.8, 4) is 0 Å². The lowest BCUT2D eigenvalue weighted by molar-refractivity contribution is -0.151. The smallest absolute Gasteiger partial charge is 0.410 e. The van der Waals surface area contributed by atoms with E-state index in [1.165, 1.54) is 4.90 Å². The largest absolute Gasteiger partial charge is 0.461 e. The number of aliphatic hydroxyl groups is 1. The summed E-state index contributed by atoms with van der Waals surface area (Å²) in [6.07, 6.45) is 2.38. The van der Waals surface area contributed by atoms with E-state index in [0.29, 0.717) is 13.1 Å². The minimum atomic E-state index is -0.819. The number of aliphatic hydroxyl groups excluding tert-OH is 1. The lowest BCUT2D eigenvalue weighted by Gasteiger charge is -2.20. The van der Waals surface area contributed by atoms with Gasteiger partial charge in [-0.1, -0.05) is 26.0 Å². The Kier molecular flexibility index (Phi) is 5.64. The van der Waals surface area contributed by atoms with Crippen LogP contribution in [-0.2, 0) is 14.3 Å². The normalized spacial score (nSPS) is 15.9. The van der Waals surface area contributed by atoms with Gasteiger partial charge in [-0.25, -0.2) is 4.79 Å². The summed E-state index contributed by atoms with van der Waals surface area (Å²) in [5.74, 6) is -0.629. The van der Waals surface area contributed by atoms with Gasteiger partial charge < -0.3 is 19.5 Å². The first-order valence-electron chi connectivity index (χ1n) is 5.92. The minimum Gasteiger partial charge on any atom is -0.461 e. The van der Waals surface area contributed by atoms with E-state index in [1.807, 2.05) is 12.2 Å². The van der Waals surface area contributed by atoms with Crippen LogP contribution in [0.4, 0.5) is 4.79 Å². The van der Waals surface area contributed by atoms with Crippen LogP contribution >= 0.6 is 0 Å². The second kappa shape index (κ2) is 7.00. The molecule has 0 unspecified atom stereocenters. The van der Waals surface area contributed by atoms with Gasteiger partial charge >= 0.3 is 12.1 Å². The number of carbonyl (C=O) groups is 2. The molecule has 1 atom stereocenters. The van der Waals surface area contributed by atoms with E-state index < -0.39 is 12.2 Å². The molecule has 102 valence electrons. The van der Waals surface area contributed by atoms with Gasteiger partial charge in [-0.05, 0) is 0 Å². The van der Waals surface area contributed by atoms with Gasteiger partial charge in [0.2, 0.25) is 0 Å². The van der Waals surface area contributed by atoms with E-state index >= 15 is 0 Å². The molecule has 0 aromatic rings. The third kappa shape index (κ3) is 4.37. The molecule has 0 aromatic heterocycles. The highest BCUT2D eigenvalue weighted by atomic mass is 16.6. The van der Waals surface area contributed by atoms with E-state index in [2.05, 4.69) is 0 Å². The van der Waals surface area contributed by atoms with Crippen LogP contribution in [0.25, 0.3) is 0 Å². The van der Waals surface area contributed by atoms with Crippen LogP contribution in [0.15, 0.2) is 12.2 Å². The third-order valence-corrected chi connectivity index (χ3v) is 2.43. The van der Waals surface area contributed by atoms with Crippen molar-refractivity contribution in [2.75, 3.05) is 26.3 Å². The molecule has 18 heavy (non-hydrogen) atoms. The monoisotopic (exact) mass is 257 g/mol. The molecule has 0 saturated carbocycles. The zero-order valence-electron chi connectivity index (χ0n) is 10.7. The summed E-state index contributed by atoms with van der Waals surface area (Å²) in [5, 5.41) is 9.07. The fourth-order valence-corrected chi connectivity index (χ4v) is 1.31. The number of esters is 1. The number of hydrogen-bond acceptors (Lipinski definition) is 5. The molecule has 1 amide bonds. The topological polar surface area (TPSA) is 76.1 Å². The second-order valence-electron chi connectivity index (χ2n) is 4.35. The number of carbonyl (C=O) groups excluding carboxylic acids is 2. The lowest BCUT2D eigenvalue weighted by atomic mass is 10.2. The molecule has 1 aliphatic rings. The van der Waals surface area contributed by atoms with Gasteiger partial charge in [0.25, 0.3) is 0 Å². The second-order valence-corrected chi connectivity index (χ2v) is 4.35. The number of hydrogen-bond donors (Lipinski definition) is 1. The molecule has 1 heterocycles. The van der Waals surface area contributed by atoms with Crippen molar-refractivity contribution in [3.63, 3.8) is 0 Å². The number of nitrogens with zero attached hydrogens (tertiary/aromatic N) is 1. The highest BCUT2D eigenvalue weighted by Gasteiger charge is 2.21. The summed E-state index contributed by atoms with van der Waals surface area (Å²) in [5.41, 5.74) is 0. The van der Waals surface area contributed by atoms with Crippen molar-refractivity contribution in [1.29, 1.82) is 0 Å². The summed E-state index contributed by atoms with van der Waals surface area (Å²) in [6.45, 7) is 3.92. The Balaban J connectivity index is 2.32. The molecule has 0 radical (unpaired) electrons. The van der Waals surface area contributed by atoms with Gasteiger partial charge in [0, 0.05) is 13.1 Å². The molecule has 0 aromatic carbocycles. The molecule has 0 saturated heterocycles. The predicted octanol–water partition coefficient (Wildman–Crippen LogP) is 0.555. The van der Waals surface area contributed by atoms with Crippen LogP contribution in [-0.4, -0.2) is 54.5 Å². The SMILES string of the molecule is CC(C)C(=O)OC[C@@H](CO)OC(=O)N1CC=CC1. The lowest BCUT2D eigenvalue weighted by Crippen LogP contribution is -2.36. The molecular formula is C12H19NO5. The van der Waals surface area contributed by atoms with Crippen LogP contribution in [0.3, 0.4) is 0 Å². The number of rotatable bonds is 5. The summed E-state index contributed by atoms with van der Waals surface area (Å²) in [7, 11) is 0. The Labute approximate surface area is 106 Å². The van der Waals surface area contributed by atoms with Crippen molar-refractivity contribution in [3.05, 3.63) is 12.2 Å². The van der Waals surface area contributed by atoms with E-state index in [1.54, 1.807) is 13.8 Å². The minimum absolute atomic E-state index is 0.124. The summed E-state index contributed by atoms with van der Waals surface area (Å²) < 4.78 is 9.94. The highest BCUT2D eigenvalue weighted by molar-refractivity contribution is 5.71. The fourth-order valence-electron chi connectivity index (χ4n) is 1.31. The molecule has 1 N–H and O–H groups in total. The van der Waals surface area contributed by atoms with E-state index in [9.17, 15) is 9.59 Å². The van der Waals surface area contributed by atoms with Crippen LogP contribution < -0.4 is 0 Å². The van der Waals surface area contributed by atoms with Gasteiger partial charge in [0.05, 0.1) is 12.5 Å². The van der Waals surface area contributed by atoms with Gasteiger partial charge in [-0.2, -0.15) is 0 Å². The number of ether oxygens (including phenoxy) is 2. The van der Waals surface area contributed by atoms with Crippen molar-refractivity contribution >= 4 is 12.1 Å². The van der Waals surface area contributed by atoms with Crippen LogP contribution in [0.5, 0.6) is 0 Å². The maximum Gasteiger partial charge on any atom is 0.410 e. The predicted molar refractivity (Wildman–Crippen MR) is 63.9 cm³/mol. The molecule has 1 aliphatic heterocycles. The standard InChI is InChI=1S/C12H19NO5/c1-9(2)11(15)17-8-10(7-14)18-12(16)13-5-3-4-6-13/h3-4,9-10,14H,5-8H2,1-2H3/t10-/m1/s1. The van der Waals surface area contributed by atoms with Crippen molar-refractivity contribution in [2.45, 2.75) is 20.0 Å². The van der Waals surface area contributed by atoms with Crippen LogP contribution in [0, 0.1) is 5.92 Å². The zero-order chi connectivity index (χ0) is 13.5. The van der Waals surface area contributed by atoms with Crippen molar-refractivity contribution < 1.29 is 24.2 Å². The average Bonchev–Trinajstić information content (AvgIpc) is 2.87. The zero-order valence-corrected chi connectivity index (χ0v) is 10.7. The Bertz CT molecular complexity index is 318. The third-order valence-electron chi connectivity index (χ3n) is 2.43. The van der Waals surface area contributed by atoms with E-state index in [-0.39, 0.29) is 25.1 Å². The van der Waals surface area contributed by atoms with Crippen LogP contribution in [0.1, 0.15) is 13.8 Å². The molecular weight excluding hydrogens is 238 g/mol. The average molecular weight is 257 g/mol.